The van der Waals surface area contributed by atoms with Crippen LogP contribution in [0.15, 0.2) is 115 Å². The number of aliphatic hydroxyl groups is 5. The van der Waals surface area contributed by atoms with Crippen molar-refractivity contribution in [3.8, 4) is 17.2 Å². The molecular weight excluding hydrogens is 1040 g/mol. The molecule has 3 fully saturated rings. The molecule has 3 aromatic carbocycles. The van der Waals surface area contributed by atoms with Crippen LogP contribution in [0.2, 0.25) is 0 Å². The summed E-state index contributed by atoms with van der Waals surface area (Å²) in [6.07, 6.45) is 12.0. The van der Waals surface area contributed by atoms with Crippen molar-refractivity contribution >= 4 is 16.9 Å². The Labute approximate surface area is 477 Å². The number of carbonyl (C=O) groups excluding carboxylic acids is 1. The highest BCUT2D eigenvalue weighted by Crippen LogP contribution is 2.62. The first kappa shape index (κ1) is 54.8. The lowest BCUT2D eigenvalue weighted by Gasteiger charge is -2.52. The van der Waals surface area contributed by atoms with Crippen molar-refractivity contribution in [3.63, 3.8) is 0 Å². The number of esters is 1. The molecule has 16 heteroatoms. The summed E-state index contributed by atoms with van der Waals surface area (Å²) in [6, 6.07) is 14.4. The fraction of sp³-hybridized carbons (Fsp3) is 0.515. The van der Waals surface area contributed by atoms with Crippen molar-refractivity contribution in [2.24, 2.45) is 35.3 Å². The first-order valence-electron chi connectivity index (χ1n) is 30.0. The van der Waals surface area contributed by atoms with Crippen molar-refractivity contribution in [3.05, 3.63) is 156 Å². The molecule has 434 valence electrons. The quantitative estimate of drug-likeness (QED) is 0.0739. The van der Waals surface area contributed by atoms with E-state index in [9.17, 15) is 40.5 Å². The van der Waals surface area contributed by atoms with Gasteiger partial charge in [0.05, 0.1) is 23.9 Å². The van der Waals surface area contributed by atoms with Crippen LogP contribution >= 0.6 is 0 Å². The number of benzene rings is 3. The SMILES string of the molecule is CCNC1C=C2CC[C@@H]3[C@@H]4CCc5ccc(O)cc5[C@@H](CO)[C@H](C5=CCNC(N)=C54)c4c5c(c(O)c6c(=O)cc(CO)oc46)C[C@@H](OC(=O)C4=C(C)CC[C@@H]6C[C@H](c7cccc([C@]8(O)CC[C@H](CO)C8)c7)C[C@]46O)[C@@](C)(O5)[C@H]3CC2=CN1. The second-order valence-corrected chi connectivity index (χ2v) is 25.5. The Morgan fingerprint density at radius 1 is 0.963 bits per heavy atom. The topological polar surface area (TPSA) is 269 Å². The Kier molecular flexibility index (Phi) is 13.9. The number of hydrogen-bond acceptors (Lipinski definition) is 16. The van der Waals surface area contributed by atoms with Crippen LogP contribution in [0.25, 0.3) is 11.0 Å². The zero-order valence-electron chi connectivity index (χ0n) is 47.1. The van der Waals surface area contributed by atoms with Crippen LogP contribution in [0.3, 0.4) is 0 Å². The number of likely N-dealkylation sites (N-methyl/N-ethyl adjacent to an activating group) is 1. The summed E-state index contributed by atoms with van der Waals surface area (Å²) >= 11 is 0. The number of hydrogen-bond donors (Lipinski definition) is 11. The number of phenols is 2. The average Bonchev–Trinajstić information content (AvgIpc) is 3.69. The highest BCUT2D eigenvalue weighted by Gasteiger charge is 2.60. The Balaban J connectivity index is 0.998. The zero-order chi connectivity index (χ0) is 57.1. The third-order valence-corrected chi connectivity index (χ3v) is 21.2. The summed E-state index contributed by atoms with van der Waals surface area (Å²) in [5, 5.41) is 92.3. The van der Waals surface area contributed by atoms with Gasteiger partial charge in [0, 0.05) is 60.7 Å². The molecule has 4 aromatic rings. The van der Waals surface area contributed by atoms with Crippen molar-refractivity contribution < 1.29 is 54.4 Å². The maximum atomic E-state index is 15.9. The second kappa shape index (κ2) is 20.7. The van der Waals surface area contributed by atoms with Crippen LogP contribution in [0, 0.1) is 29.6 Å². The van der Waals surface area contributed by atoms with Crippen molar-refractivity contribution in [2.45, 2.75) is 158 Å². The molecule has 9 aliphatic rings. The van der Waals surface area contributed by atoms with E-state index in [0.29, 0.717) is 81.3 Å². The molecule has 0 spiro atoms. The number of nitrogens with one attached hydrogen (secondary N) is 3. The minimum Gasteiger partial charge on any atom is -0.508 e. The highest BCUT2D eigenvalue weighted by atomic mass is 16.6. The molecule has 4 aliphatic heterocycles. The number of aliphatic hydroxyl groups excluding tert-OH is 3. The molecular formula is C66H78N4O12. The van der Waals surface area contributed by atoms with Gasteiger partial charge in [-0.15, -0.1) is 0 Å². The van der Waals surface area contributed by atoms with Crippen LogP contribution in [-0.4, -0.2) is 91.5 Å². The lowest BCUT2D eigenvalue weighted by molar-refractivity contribution is -0.172. The van der Waals surface area contributed by atoms with E-state index in [1.54, 1.807) is 12.1 Å². The fourth-order valence-electron chi connectivity index (χ4n) is 17.2. The van der Waals surface area contributed by atoms with E-state index >= 15 is 4.79 Å². The predicted molar refractivity (Wildman–Crippen MR) is 307 cm³/mol. The molecule has 1 unspecified atom stereocenters. The van der Waals surface area contributed by atoms with Gasteiger partial charge in [-0.25, -0.2) is 4.79 Å². The molecule has 5 heterocycles. The first-order valence-corrected chi connectivity index (χ1v) is 30.0. The van der Waals surface area contributed by atoms with Gasteiger partial charge in [0.15, 0.2) is 5.43 Å². The average molecular weight is 1120 g/mol. The van der Waals surface area contributed by atoms with Crippen LogP contribution in [0.1, 0.15) is 148 Å². The lowest BCUT2D eigenvalue weighted by atomic mass is 9.61. The van der Waals surface area contributed by atoms with Gasteiger partial charge >= 0.3 is 5.97 Å². The maximum Gasteiger partial charge on any atom is 0.337 e. The largest absolute Gasteiger partial charge is 0.508 e. The van der Waals surface area contributed by atoms with E-state index in [-0.39, 0.29) is 94.6 Å². The molecule has 82 heavy (non-hydrogen) atoms. The van der Waals surface area contributed by atoms with E-state index in [1.807, 2.05) is 44.2 Å². The third-order valence-electron chi connectivity index (χ3n) is 21.2. The van der Waals surface area contributed by atoms with E-state index in [2.05, 4.69) is 41.2 Å². The van der Waals surface area contributed by atoms with Gasteiger partial charge in [-0.1, -0.05) is 48.9 Å². The molecule has 1 aromatic heterocycles. The lowest BCUT2D eigenvalue weighted by Crippen LogP contribution is -2.59. The molecule has 13 rings (SSSR count). The maximum absolute atomic E-state index is 15.9. The van der Waals surface area contributed by atoms with E-state index < -0.39 is 71.0 Å². The summed E-state index contributed by atoms with van der Waals surface area (Å²) in [6.45, 7) is 6.04. The molecule has 13 atom stereocenters. The van der Waals surface area contributed by atoms with Gasteiger partial charge in [0.25, 0.3) is 0 Å². The van der Waals surface area contributed by atoms with Gasteiger partial charge in [-0.2, -0.15) is 0 Å². The number of phenolic OH excluding ortho intramolecular Hbond substituents is 2. The van der Waals surface area contributed by atoms with Gasteiger partial charge in [-0.3, -0.25) is 10.1 Å². The molecule has 12 N–H and O–H groups in total. The van der Waals surface area contributed by atoms with Crippen LogP contribution in [0.4, 0.5) is 0 Å². The summed E-state index contributed by atoms with van der Waals surface area (Å²) in [4.78, 5) is 30.5. The number of dihydropyridines is 2. The summed E-state index contributed by atoms with van der Waals surface area (Å²) in [7, 11) is 0. The standard InChI is InChI=1S/C66H78N4O12/c1-4-68-53-23-37-11-14-44-45-15-10-35-9-13-42(74)24-47(35)49(32-73)54(46-17-19-69-62(67)55(45)46)57-60-48(59(76)56-51(75)25-43(31-72)80-61(56)57)26-52(64(3,82-60)50(44)22-39(37)29-70-53)81-63(77)58-33(2)8-12-41-21-38(28-66(41,58)79)36-6-5-7-40(20-36)65(78)18-16-34(27-65)30-71/h5-7,9,13,17,20,23-25,29,34,38,41,44-45,49-50,52-54,68-74,76,78-79H,4,8,10-12,14-16,18-19,21-22,26-28,30-32,67H2,1-3H3/t34-,38-,41+,44+,45-,49+,50-,52+,53?,54-,64-,65-,66+/m0/s1. The second-order valence-electron chi connectivity index (χ2n) is 25.5. The van der Waals surface area contributed by atoms with Gasteiger partial charge in [0.2, 0.25) is 0 Å². The number of fused-ring (bicyclic) bond motifs is 10. The Hall–Kier alpha value is -6.40. The summed E-state index contributed by atoms with van der Waals surface area (Å²) in [5.41, 5.74) is 11.5. The Morgan fingerprint density at radius 2 is 1.80 bits per heavy atom. The summed E-state index contributed by atoms with van der Waals surface area (Å²) in [5.74, 6) is -3.42. The van der Waals surface area contributed by atoms with Gasteiger partial charge in [-0.05, 0) is 190 Å². The molecule has 0 amide bonds. The number of nitrogens with two attached hydrogens (primary N) is 1. The Bertz CT molecular complexity index is 3510. The molecule has 5 aliphatic carbocycles. The van der Waals surface area contributed by atoms with Gasteiger partial charge in [0.1, 0.15) is 63.7 Å². The monoisotopic (exact) mass is 1120 g/mol. The van der Waals surface area contributed by atoms with E-state index in [1.165, 1.54) is 5.57 Å². The molecule has 3 saturated carbocycles. The molecule has 0 saturated heterocycles. The number of rotatable bonds is 9. The van der Waals surface area contributed by atoms with E-state index in [0.717, 1.165) is 64.4 Å². The van der Waals surface area contributed by atoms with Crippen molar-refractivity contribution in [1.29, 1.82) is 0 Å². The highest BCUT2D eigenvalue weighted by molar-refractivity contribution is 5.94. The third kappa shape index (κ3) is 8.75. The van der Waals surface area contributed by atoms with Crippen LogP contribution < -0.4 is 31.8 Å². The number of carbonyl (C=O) groups is 1. The Morgan fingerprint density at radius 3 is 2.59 bits per heavy atom. The van der Waals surface area contributed by atoms with E-state index in [4.69, 9.17) is 19.6 Å². The zero-order valence-corrected chi connectivity index (χ0v) is 47.1. The molecule has 16 nitrogen and oxygen atoms in total. The minimum absolute atomic E-state index is 0.0152. The number of aromatic hydroxyl groups is 2. The molecule has 0 radical (unpaired) electrons. The molecule has 4 bridgehead atoms. The predicted octanol–water partition coefficient (Wildman–Crippen LogP) is 7.22. The van der Waals surface area contributed by atoms with Crippen LogP contribution in [-0.2, 0) is 34.6 Å². The van der Waals surface area contributed by atoms with Crippen LogP contribution in [0.5, 0.6) is 17.2 Å². The number of aryl methyl sites for hydroxylation is 1. The first-order chi connectivity index (χ1) is 39.5. The van der Waals surface area contributed by atoms with Gasteiger partial charge < -0.3 is 66.0 Å². The fourth-order valence-corrected chi connectivity index (χ4v) is 17.2. The van der Waals surface area contributed by atoms with Crippen molar-refractivity contribution in [1.82, 2.24) is 16.0 Å². The number of allylic oxidation sites excluding steroid dienone is 5. The smallest absolute Gasteiger partial charge is 0.337 e. The normalized spacial score (nSPS) is 33.7. The van der Waals surface area contributed by atoms with Crippen molar-refractivity contribution in [2.75, 3.05) is 26.3 Å². The minimum atomic E-state index is -1.56. The number of ether oxygens (including phenoxy) is 2. The summed E-state index contributed by atoms with van der Waals surface area (Å²) < 4.78 is 21.6.